The number of amides is 1. The molecule has 148 valence electrons. The van der Waals surface area contributed by atoms with Crippen LogP contribution in [0, 0.1) is 6.92 Å². The van der Waals surface area contributed by atoms with E-state index in [4.69, 9.17) is 11.6 Å². The van der Waals surface area contributed by atoms with Crippen LogP contribution in [0.2, 0.25) is 5.02 Å². The van der Waals surface area contributed by atoms with E-state index in [1.54, 1.807) is 23.1 Å². The van der Waals surface area contributed by atoms with Gasteiger partial charge in [-0.1, -0.05) is 25.4 Å². The molecule has 0 atom stereocenters. The third kappa shape index (κ3) is 4.09. The smallest absolute Gasteiger partial charge is 0.341 e. The van der Waals surface area contributed by atoms with E-state index in [0.29, 0.717) is 29.6 Å². The topological polar surface area (TPSA) is 72.5 Å². The van der Waals surface area contributed by atoms with Crippen molar-refractivity contribution in [3.63, 3.8) is 0 Å². The number of halogens is 1. The molecule has 1 aromatic carbocycles. The molecule has 2 heterocycles. The van der Waals surface area contributed by atoms with Gasteiger partial charge < -0.3 is 4.90 Å². The normalized spacial score (nSPS) is 11.1. The van der Waals surface area contributed by atoms with E-state index in [9.17, 15) is 9.59 Å². The second-order valence-electron chi connectivity index (χ2n) is 6.74. The van der Waals surface area contributed by atoms with Gasteiger partial charge in [-0.05, 0) is 44.0 Å². The van der Waals surface area contributed by atoms with Gasteiger partial charge in [0.2, 0.25) is 5.91 Å². The third-order valence-electron chi connectivity index (χ3n) is 4.42. The second kappa shape index (κ2) is 8.56. The van der Waals surface area contributed by atoms with Crippen LogP contribution in [0.3, 0.4) is 0 Å². The molecule has 1 amide bonds. The summed E-state index contributed by atoms with van der Waals surface area (Å²) in [5, 5.41) is 4.98. The monoisotopic (exact) mass is 401 g/mol. The summed E-state index contributed by atoms with van der Waals surface area (Å²) in [6.45, 7) is 7.16. The third-order valence-corrected chi connectivity index (χ3v) is 4.68. The summed E-state index contributed by atoms with van der Waals surface area (Å²) < 4.78 is 2.66. The summed E-state index contributed by atoms with van der Waals surface area (Å²) in [4.78, 5) is 32.0. The molecule has 0 aliphatic carbocycles. The van der Waals surface area contributed by atoms with Gasteiger partial charge in [0.15, 0.2) is 5.65 Å². The van der Waals surface area contributed by atoms with Gasteiger partial charge in [0.1, 0.15) is 12.4 Å². The van der Waals surface area contributed by atoms with Gasteiger partial charge in [0.05, 0.1) is 0 Å². The second-order valence-corrected chi connectivity index (χ2v) is 7.18. The number of carbonyl (C=O) groups is 1. The fraction of sp³-hybridized carbons (Fsp3) is 0.400. The molecule has 8 heteroatoms. The molecule has 3 rings (SSSR count). The fourth-order valence-electron chi connectivity index (χ4n) is 3.18. The van der Waals surface area contributed by atoms with Gasteiger partial charge >= 0.3 is 5.69 Å². The molecule has 0 spiro atoms. The summed E-state index contributed by atoms with van der Waals surface area (Å²) >= 11 is 5.97. The maximum atomic E-state index is 13.0. The molecule has 3 aromatic rings. The van der Waals surface area contributed by atoms with Crippen molar-refractivity contribution in [3.8, 4) is 11.4 Å². The Bertz CT molecular complexity index is 1030. The number of rotatable bonds is 7. The minimum atomic E-state index is -0.381. The lowest BCUT2D eigenvalue weighted by Crippen LogP contribution is -2.37. The lowest BCUT2D eigenvalue weighted by atomic mass is 10.2. The Morgan fingerprint density at radius 1 is 1.14 bits per heavy atom. The Labute approximate surface area is 168 Å². The molecule has 7 nitrogen and oxygen atoms in total. The Hall–Kier alpha value is -2.67. The molecular formula is C20H24ClN5O2. The number of aromatic nitrogens is 4. The molecule has 0 saturated carbocycles. The molecule has 0 saturated heterocycles. The Morgan fingerprint density at radius 2 is 1.79 bits per heavy atom. The predicted molar refractivity (Wildman–Crippen MR) is 110 cm³/mol. The molecule has 0 fully saturated rings. The first-order chi connectivity index (χ1) is 13.4. The summed E-state index contributed by atoms with van der Waals surface area (Å²) in [7, 11) is 0. The first-order valence-corrected chi connectivity index (χ1v) is 9.83. The molecule has 0 bridgehead atoms. The van der Waals surface area contributed by atoms with Crippen molar-refractivity contribution in [1.82, 2.24) is 24.1 Å². The standard InChI is InChI=1S/C20H24ClN5O2/c1-4-10-24(11-5-2)18(27)13-25-20(28)26-17(23-25)12-14(3)22-19(26)15-6-8-16(21)9-7-15/h6-9,12H,4-5,10-11,13H2,1-3H3. The first-order valence-electron chi connectivity index (χ1n) is 9.45. The summed E-state index contributed by atoms with van der Waals surface area (Å²) in [6.07, 6.45) is 1.74. The van der Waals surface area contributed by atoms with Crippen molar-refractivity contribution in [2.24, 2.45) is 0 Å². The van der Waals surface area contributed by atoms with Crippen LogP contribution in [-0.4, -0.2) is 43.1 Å². The maximum Gasteiger partial charge on any atom is 0.352 e. The zero-order chi connectivity index (χ0) is 20.3. The number of aryl methyl sites for hydroxylation is 1. The van der Waals surface area contributed by atoms with E-state index >= 15 is 0 Å². The van der Waals surface area contributed by atoms with E-state index in [0.717, 1.165) is 24.1 Å². The van der Waals surface area contributed by atoms with Crippen molar-refractivity contribution in [2.45, 2.75) is 40.2 Å². The molecular weight excluding hydrogens is 378 g/mol. The number of carbonyl (C=O) groups excluding carboxylic acids is 1. The van der Waals surface area contributed by atoms with Gasteiger partial charge in [-0.2, -0.15) is 0 Å². The minimum Gasteiger partial charge on any atom is -0.341 e. The minimum absolute atomic E-state index is 0.0837. The summed E-state index contributed by atoms with van der Waals surface area (Å²) in [5.41, 5.74) is 1.57. The lowest BCUT2D eigenvalue weighted by Gasteiger charge is -2.20. The van der Waals surface area contributed by atoms with Crippen molar-refractivity contribution in [1.29, 1.82) is 0 Å². The van der Waals surface area contributed by atoms with Crippen LogP contribution in [0.4, 0.5) is 0 Å². The highest BCUT2D eigenvalue weighted by atomic mass is 35.5. The Kier molecular flexibility index (Phi) is 6.14. The van der Waals surface area contributed by atoms with Crippen LogP contribution in [0.15, 0.2) is 35.1 Å². The fourth-order valence-corrected chi connectivity index (χ4v) is 3.30. The number of hydrogen-bond donors (Lipinski definition) is 0. The van der Waals surface area contributed by atoms with Crippen molar-refractivity contribution in [2.75, 3.05) is 13.1 Å². The van der Waals surface area contributed by atoms with Crippen molar-refractivity contribution in [3.05, 3.63) is 51.5 Å². The molecule has 0 unspecified atom stereocenters. The number of hydrogen-bond acceptors (Lipinski definition) is 4. The quantitative estimate of drug-likeness (QED) is 0.609. The number of benzene rings is 1. The van der Waals surface area contributed by atoms with Gasteiger partial charge in [-0.25, -0.2) is 18.9 Å². The van der Waals surface area contributed by atoms with E-state index in [1.165, 1.54) is 9.08 Å². The highest BCUT2D eigenvalue weighted by Crippen LogP contribution is 2.20. The van der Waals surface area contributed by atoms with Crippen LogP contribution in [0.5, 0.6) is 0 Å². The van der Waals surface area contributed by atoms with Crippen molar-refractivity contribution < 1.29 is 4.79 Å². The zero-order valence-electron chi connectivity index (χ0n) is 16.4. The predicted octanol–water partition coefficient (Wildman–Crippen LogP) is 3.17. The van der Waals surface area contributed by atoms with Gasteiger partial charge in [-0.15, -0.1) is 5.10 Å². The van der Waals surface area contributed by atoms with Gasteiger partial charge in [-0.3, -0.25) is 4.79 Å². The zero-order valence-corrected chi connectivity index (χ0v) is 17.1. The molecule has 2 aromatic heterocycles. The highest BCUT2D eigenvalue weighted by Gasteiger charge is 2.18. The van der Waals surface area contributed by atoms with Crippen LogP contribution in [0.25, 0.3) is 17.0 Å². The molecule has 0 aliphatic heterocycles. The number of nitrogens with zero attached hydrogens (tertiary/aromatic N) is 5. The van der Waals surface area contributed by atoms with Gasteiger partial charge in [0.25, 0.3) is 0 Å². The van der Waals surface area contributed by atoms with Crippen LogP contribution in [0.1, 0.15) is 32.4 Å². The Morgan fingerprint density at radius 3 is 2.39 bits per heavy atom. The van der Waals surface area contributed by atoms with Crippen LogP contribution >= 0.6 is 11.6 Å². The van der Waals surface area contributed by atoms with E-state index in [1.807, 2.05) is 32.9 Å². The van der Waals surface area contributed by atoms with Gasteiger partial charge in [0, 0.05) is 35.4 Å². The average molecular weight is 402 g/mol. The molecule has 0 N–H and O–H groups in total. The lowest BCUT2D eigenvalue weighted by molar-refractivity contribution is -0.132. The maximum absolute atomic E-state index is 13.0. The summed E-state index contributed by atoms with van der Waals surface area (Å²) in [6, 6.07) is 8.85. The molecule has 28 heavy (non-hydrogen) atoms. The molecule has 0 aliphatic rings. The van der Waals surface area contributed by atoms with E-state index in [-0.39, 0.29) is 18.1 Å². The Balaban J connectivity index is 2.03. The largest absolute Gasteiger partial charge is 0.352 e. The summed E-state index contributed by atoms with van der Waals surface area (Å²) in [5.74, 6) is 0.376. The van der Waals surface area contributed by atoms with E-state index < -0.39 is 0 Å². The van der Waals surface area contributed by atoms with Crippen molar-refractivity contribution >= 4 is 23.2 Å². The highest BCUT2D eigenvalue weighted by molar-refractivity contribution is 6.30. The first kappa shape index (κ1) is 20.1. The number of fused-ring (bicyclic) bond motifs is 1. The van der Waals surface area contributed by atoms with Crippen LogP contribution in [-0.2, 0) is 11.3 Å². The van der Waals surface area contributed by atoms with E-state index in [2.05, 4.69) is 10.1 Å². The van der Waals surface area contributed by atoms with Crippen LogP contribution < -0.4 is 5.69 Å². The SMILES string of the molecule is CCCN(CCC)C(=O)Cn1nc2cc(C)nc(-c3ccc(Cl)cc3)n2c1=O. The molecule has 0 radical (unpaired) electrons. The average Bonchev–Trinajstić information content (AvgIpc) is 2.96.